The van der Waals surface area contributed by atoms with E-state index in [4.69, 9.17) is 34.8 Å². The minimum Gasteiger partial charge on any atom is -0.289 e. The molecule has 0 atom stereocenters. The van der Waals surface area contributed by atoms with E-state index >= 15 is 0 Å². The molecule has 20 heavy (non-hydrogen) atoms. The molecule has 0 fully saturated rings. The molecule has 0 heterocycles. The molecule has 0 saturated carbocycles. The zero-order valence-electron chi connectivity index (χ0n) is 10.0. The van der Waals surface area contributed by atoms with Crippen molar-refractivity contribution in [3.8, 4) is 0 Å². The summed E-state index contributed by atoms with van der Waals surface area (Å²) in [4.78, 5) is 12.0. The maximum Gasteiger partial charge on any atom is 0.187 e. The summed E-state index contributed by atoms with van der Waals surface area (Å²) in [6.07, 6.45) is 2.81. The number of rotatable bonds is 3. The fourth-order valence-electron chi connectivity index (χ4n) is 1.59. The lowest BCUT2D eigenvalue weighted by atomic mass is 10.1. The van der Waals surface area contributed by atoms with Gasteiger partial charge in [0, 0.05) is 5.56 Å². The Balaban J connectivity index is 2.27. The molecule has 0 aromatic heterocycles. The highest BCUT2D eigenvalue weighted by atomic mass is 35.5. The first-order chi connectivity index (χ1) is 9.49. The average Bonchev–Trinajstić information content (AvgIpc) is 2.42. The van der Waals surface area contributed by atoms with E-state index < -0.39 is 0 Å². The maximum absolute atomic E-state index is 13.0. The zero-order chi connectivity index (χ0) is 14.7. The van der Waals surface area contributed by atoms with Crippen LogP contribution in [0.3, 0.4) is 0 Å². The van der Waals surface area contributed by atoms with Gasteiger partial charge >= 0.3 is 0 Å². The Labute approximate surface area is 130 Å². The average molecular weight is 330 g/mol. The standard InChI is InChI=1S/C15H8Cl3FO/c16-12-6-5-11(14(17)15(12)18)13(20)7-4-9-2-1-3-10(19)8-9/h1-8H. The van der Waals surface area contributed by atoms with Gasteiger partial charge in [-0.1, -0.05) is 53.0 Å². The molecule has 5 heteroatoms. The monoisotopic (exact) mass is 328 g/mol. The van der Waals surface area contributed by atoms with E-state index in [1.54, 1.807) is 12.1 Å². The molecule has 0 aliphatic heterocycles. The molecule has 102 valence electrons. The molecule has 1 nitrogen and oxygen atoms in total. The summed E-state index contributed by atoms with van der Waals surface area (Å²) >= 11 is 17.6. The lowest BCUT2D eigenvalue weighted by molar-refractivity contribution is 0.104. The Morgan fingerprint density at radius 3 is 2.50 bits per heavy atom. The maximum atomic E-state index is 13.0. The smallest absolute Gasteiger partial charge is 0.187 e. The topological polar surface area (TPSA) is 17.1 Å². The molecule has 0 bridgehead atoms. The second-order valence-electron chi connectivity index (χ2n) is 3.98. The van der Waals surface area contributed by atoms with Crippen molar-refractivity contribution in [2.45, 2.75) is 0 Å². The molecule has 0 saturated heterocycles. The van der Waals surface area contributed by atoms with Crippen molar-refractivity contribution >= 4 is 46.7 Å². The number of hydrogen-bond donors (Lipinski definition) is 0. The molecule has 2 aromatic carbocycles. The van der Waals surface area contributed by atoms with Crippen LogP contribution in [0, 0.1) is 5.82 Å². The van der Waals surface area contributed by atoms with Crippen LogP contribution in [0.1, 0.15) is 15.9 Å². The van der Waals surface area contributed by atoms with Gasteiger partial charge in [-0.15, -0.1) is 0 Å². The fourth-order valence-corrected chi connectivity index (χ4v) is 2.22. The van der Waals surface area contributed by atoms with Gasteiger partial charge in [-0.2, -0.15) is 0 Å². The molecular weight excluding hydrogens is 322 g/mol. The third-order valence-corrected chi connectivity index (χ3v) is 3.87. The Bertz CT molecular complexity index is 696. The number of allylic oxidation sites excluding steroid dienone is 1. The van der Waals surface area contributed by atoms with Crippen molar-refractivity contribution < 1.29 is 9.18 Å². The number of ketones is 1. The summed E-state index contributed by atoms with van der Waals surface area (Å²) < 4.78 is 13.0. The van der Waals surface area contributed by atoms with Gasteiger partial charge in [-0.3, -0.25) is 4.79 Å². The van der Waals surface area contributed by atoms with Crippen LogP contribution in [0.2, 0.25) is 15.1 Å². The Kier molecular flexibility index (Phi) is 4.81. The van der Waals surface area contributed by atoms with Gasteiger partial charge in [0.2, 0.25) is 0 Å². The quantitative estimate of drug-likeness (QED) is 0.402. The van der Waals surface area contributed by atoms with Gasteiger partial charge in [0.05, 0.1) is 15.1 Å². The van der Waals surface area contributed by atoms with Gasteiger partial charge in [-0.05, 0) is 35.9 Å². The van der Waals surface area contributed by atoms with Crippen LogP contribution in [-0.2, 0) is 0 Å². The van der Waals surface area contributed by atoms with Crippen LogP contribution < -0.4 is 0 Å². The molecule has 0 aliphatic carbocycles. The highest BCUT2D eigenvalue weighted by Gasteiger charge is 2.13. The third kappa shape index (κ3) is 3.40. The van der Waals surface area contributed by atoms with Crippen molar-refractivity contribution in [3.05, 3.63) is 74.5 Å². The van der Waals surface area contributed by atoms with E-state index in [1.165, 1.54) is 36.4 Å². The highest BCUT2D eigenvalue weighted by Crippen LogP contribution is 2.33. The summed E-state index contributed by atoms with van der Waals surface area (Å²) in [6, 6.07) is 8.89. The first-order valence-corrected chi connectivity index (χ1v) is 6.74. The molecule has 0 radical (unpaired) electrons. The Morgan fingerprint density at radius 1 is 1.05 bits per heavy atom. The van der Waals surface area contributed by atoms with Crippen molar-refractivity contribution in [1.82, 2.24) is 0 Å². The Morgan fingerprint density at radius 2 is 1.80 bits per heavy atom. The van der Waals surface area contributed by atoms with Crippen LogP contribution >= 0.6 is 34.8 Å². The van der Waals surface area contributed by atoms with Crippen LogP contribution in [0.4, 0.5) is 4.39 Å². The van der Waals surface area contributed by atoms with E-state index in [0.717, 1.165) is 0 Å². The van der Waals surface area contributed by atoms with E-state index in [0.29, 0.717) is 5.56 Å². The SMILES string of the molecule is O=C(C=Cc1cccc(F)c1)c1ccc(Cl)c(Cl)c1Cl. The molecule has 0 aliphatic rings. The molecule has 2 aromatic rings. The van der Waals surface area contributed by atoms with Gasteiger partial charge in [-0.25, -0.2) is 4.39 Å². The summed E-state index contributed by atoms with van der Waals surface area (Å²) in [5, 5.41) is 0.522. The second-order valence-corrected chi connectivity index (χ2v) is 5.14. The van der Waals surface area contributed by atoms with Gasteiger partial charge in [0.1, 0.15) is 5.82 Å². The second kappa shape index (κ2) is 6.40. The molecule has 0 spiro atoms. The van der Waals surface area contributed by atoms with Crippen molar-refractivity contribution in [1.29, 1.82) is 0 Å². The van der Waals surface area contributed by atoms with E-state index in [9.17, 15) is 9.18 Å². The fraction of sp³-hybridized carbons (Fsp3) is 0. The molecule has 0 N–H and O–H groups in total. The predicted molar refractivity (Wildman–Crippen MR) is 81.2 cm³/mol. The van der Waals surface area contributed by atoms with E-state index in [-0.39, 0.29) is 32.2 Å². The van der Waals surface area contributed by atoms with Gasteiger partial charge in [0.25, 0.3) is 0 Å². The first-order valence-electron chi connectivity index (χ1n) is 5.60. The zero-order valence-corrected chi connectivity index (χ0v) is 12.3. The molecule has 0 unspecified atom stereocenters. The number of carbonyl (C=O) groups is 1. The van der Waals surface area contributed by atoms with Crippen LogP contribution in [0.5, 0.6) is 0 Å². The van der Waals surface area contributed by atoms with E-state index in [2.05, 4.69) is 0 Å². The van der Waals surface area contributed by atoms with Gasteiger partial charge in [0.15, 0.2) is 5.78 Å². The molecule has 2 rings (SSSR count). The number of benzene rings is 2. The van der Waals surface area contributed by atoms with Crippen LogP contribution in [0.25, 0.3) is 6.08 Å². The van der Waals surface area contributed by atoms with Gasteiger partial charge < -0.3 is 0 Å². The van der Waals surface area contributed by atoms with Crippen molar-refractivity contribution in [3.63, 3.8) is 0 Å². The third-order valence-electron chi connectivity index (χ3n) is 2.58. The number of halogens is 4. The largest absolute Gasteiger partial charge is 0.289 e. The molecular formula is C15H8Cl3FO. The predicted octanol–water partition coefficient (Wildman–Crippen LogP) is 5.68. The van der Waals surface area contributed by atoms with Crippen molar-refractivity contribution in [2.24, 2.45) is 0 Å². The lowest BCUT2D eigenvalue weighted by Gasteiger charge is -2.03. The summed E-state index contributed by atoms with van der Waals surface area (Å²) in [5.74, 6) is -0.704. The first kappa shape index (κ1) is 15.0. The van der Waals surface area contributed by atoms with Crippen molar-refractivity contribution in [2.75, 3.05) is 0 Å². The summed E-state index contributed by atoms with van der Waals surface area (Å²) in [5.41, 5.74) is 0.822. The normalized spacial score (nSPS) is 11.0. The summed E-state index contributed by atoms with van der Waals surface area (Å²) in [7, 11) is 0. The Hall–Kier alpha value is -1.35. The van der Waals surface area contributed by atoms with Crippen LogP contribution in [0.15, 0.2) is 42.5 Å². The summed E-state index contributed by atoms with van der Waals surface area (Å²) in [6.45, 7) is 0. The minimum absolute atomic E-state index is 0.105. The molecule has 0 amide bonds. The number of carbonyl (C=O) groups excluding carboxylic acids is 1. The van der Waals surface area contributed by atoms with Crippen LogP contribution in [-0.4, -0.2) is 5.78 Å². The minimum atomic E-state index is -0.368. The number of hydrogen-bond acceptors (Lipinski definition) is 1. The van der Waals surface area contributed by atoms with E-state index in [1.807, 2.05) is 0 Å². The highest BCUT2D eigenvalue weighted by molar-refractivity contribution is 6.49. The lowest BCUT2D eigenvalue weighted by Crippen LogP contribution is -1.96.